The summed E-state index contributed by atoms with van der Waals surface area (Å²) in [6.07, 6.45) is 2.33. The van der Waals surface area contributed by atoms with Crippen molar-refractivity contribution in [1.29, 1.82) is 5.26 Å². The zero-order chi connectivity index (χ0) is 15.8. The summed E-state index contributed by atoms with van der Waals surface area (Å²) in [5, 5.41) is 22.2. The minimum atomic E-state index is -0.140. The minimum Gasteiger partial charge on any atom is -0.316 e. The molecule has 2 aromatic heterocycles. The lowest BCUT2D eigenvalue weighted by Crippen LogP contribution is -2.13. The maximum absolute atomic E-state index is 11.9. The normalized spacial score (nSPS) is 10.4. The number of nitrogens with one attached hydrogen (secondary N) is 1. The highest BCUT2D eigenvalue weighted by Crippen LogP contribution is 2.29. The van der Waals surface area contributed by atoms with Crippen LogP contribution in [0.2, 0.25) is 0 Å². The number of carbonyl (C=O) groups is 1. The second-order valence-corrected chi connectivity index (χ2v) is 8.61. The molecule has 0 aromatic carbocycles. The van der Waals surface area contributed by atoms with Crippen molar-refractivity contribution in [1.82, 2.24) is 10.2 Å². The van der Waals surface area contributed by atoms with Gasteiger partial charge in [0, 0.05) is 5.75 Å². The molecule has 0 saturated heterocycles. The number of nitriles is 1. The van der Waals surface area contributed by atoms with Crippen molar-refractivity contribution in [3.8, 4) is 6.07 Å². The number of unbranched alkanes of at least 4 members (excludes halogenated alkanes) is 1. The fourth-order valence-electron chi connectivity index (χ4n) is 1.40. The van der Waals surface area contributed by atoms with E-state index in [9.17, 15) is 4.79 Å². The number of nitrogens with zero attached hydrogens (tertiary/aromatic N) is 3. The Morgan fingerprint density at radius 1 is 1.41 bits per heavy atom. The Labute approximate surface area is 145 Å². The van der Waals surface area contributed by atoms with E-state index in [0.717, 1.165) is 20.9 Å². The summed E-state index contributed by atoms with van der Waals surface area (Å²) in [5.74, 6) is 1.17. The largest absolute Gasteiger partial charge is 0.316 e. The van der Waals surface area contributed by atoms with E-state index in [1.807, 2.05) is 6.07 Å². The van der Waals surface area contributed by atoms with E-state index in [0.29, 0.717) is 10.6 Å². The van der Waals surface area contributed by atoms with Crippen LogP contribution >= 0.6 is 46.2 Å². The van der Waals surface area contributed by atoms with Gasteiger partial charge in [-0.2, -0.15) is 5.26 Å². The van der Waals surface area contributed by atoms with Crippen LogP contribution in [0.4, 0.5) is 5.00 Å². The van der Waals surface area contributed by atoms with Crippen LogP contribution in [-0.4, -0.2) is 27.6 Å². The lowest BCUT2D eigenvalue weighted by Gasteiger charge is -2.01. The Kier molecular flexibility index (Phi) is 7.18. The van der Waals surface area contributed by atoms with E-state index in [-0.39, 0.29) is 11.7 Å². The molecule has 0 spiro atoms. The summed E-state index contributed by atoms with van der Waals surface area (Å²) in [5.41, 5.74) is 0.494. The third kappa shape index (κ3) is 5.28. The van der Waals surface area contributed by atoms with Crippen molar-refractivity contribution in [3.63, 3.8) is 0 Å². The first-order valence-corrected chi connectivity index (χ1v) is 10.3. The molecule has 5 nitrogen and oxygen atoms in total. The lowest BCUT2D eigenvalue weighted by molar-refractivity contribution is -0.113. The van der Waals surface area contributed by atoms with E-state index in [2.05, 4.69) is 22.4 Å². The third-order valence-corrected chi connectivity index (χ3v) is 6.58. The first-order valence-electron chi connectivity index (χ1n) is 6.59. The van der Waals surface area contributed by atoms with Crippen LogP contribution in [-0.2, 0) is 4.79 Å². The van der Waals surface area contributed by atoms with Crippen LogP contribution in [0.5, 0.6) is 0 Å². The van der Waals surface area contributed by atoms with Gasteiger partial charge in [0.1, 0.15) is 11.1 Å². The highest BCUT2D eigenvalue weighted by atomic mass is 32.2. The van der Waals surface area contributed by atoms with Gasteiger partial charge >= 0.3 is 0 Å². The lowest BCUT2D eigenvalue weighted by atomic mass is 10.3. The Balaban J connectivity index is 1.78. The smallest absolute Gasteiger partial charge is 0.235 e. The zero-order valence-electron chi connectivity index (χ0n) is 11.9. The number of thiophene rings is 1. The van der Waals surface area contributed by atoms with Gasteiger partial charge in [-0.1, -0.05) is 48.2 Å². The highest BCUT2D eigenvalue weighted by Gasteiger charge is 2.11. The quantitative estimate of drug-likeness (QED) is 0.557. The summed E-state index contributed by atoms with van der Waals surface area (Å²) in [4.78, 5) is 11.9. The van der Waals surface area contributed by atoms with Crippen LogP contribution in [0.3, 0.4) is 0 Å². The summed E-state index contributed by atoms with van der Waals surface area (Å²) in [6, 6.07) is 3.74. The van der Waals surface area contributed by atoms with Crippen LogP contribution < -0.4 is 5.32 Å². The van der Waals surface area contributed by atoms with Crippen molar-refractivity contribution < 1.29 is 4.79 Å². The molecule has 0 atom stereocenters. The number of hydrogen-bond acceptors (Lipinski definition) is 8. The van der Waals surface area contributed by atoms with Crippen molar-refractivity contribution in [2.75, 3.05) is 16.8 Å². The SMILES string of the molecule is CCCCSc1nnc(SCC(=O)Nc2sccc2C#N)s1. The standard InChI is InChI=1S/C13H14N4OS4/c1-2-3-5-20-12-16-17-13(22-12)21-8-10(18)15-11-9(7-14)4-6-19-11/h4,6H,2-3,5,8H2,1H3,(H,15,18). The van der Waals surface area contributed by atoms with Crippen LogP contribution in [0.15, 0.2) is 20.1 Å². The van der Waals surface area contributed by atoms with Crippen molar-refractivity contribution in [2.45, 2.75) is 28.4 Å². The van der Waals surface area contributed by atoms with E-state index < -0.39 is 0 Å². The monoisotopic (exact) mass is 370 g/mol. The molecule has 0 saturated carbocycles. The number of aromatic nitrogens is 2. The fraction of sp³-hybridized carbons (Fsp3) is 0.385. The molecule has 9 heteroatoms. The van der Waals surface area contributed by atoms with Gasteiger partial charge in [-0.25, -0.2) is 0 Å². The van der Waals surface area contributed by atoms with Gasteiger partial charge in [0.15, 0.2) is 8.68 Å². The summed E-state index contributed by atoms with van der Waals surface area (Å²) in [7, 11) is 0. The van der Waals surface area contributed by atoms with E-state index in [4.69, 9.17) is 5.26 Å². The molecule has 1 N–H and O–H groups in total. The average Bonchev–Trinajstić information content (AvgIpc) is 3.14. The molecule has 2 heterocycles. The zero-order valence-corrected chi connectivity index (χ0v) is 15.1. The number of carbonyl (C=O) groups excluding carboxylic acids is 1. The maximum atomic E-state index is 11.9. The number of hydrogen-bond donors (Lipinski definition) is 1. The van der Waals surface area contributed by atoms with Gasteiger partial charge in [-0.05, 0) is 17.9 Å². The van der Waals surface area contributed by atoms with E-state index in [1.165, 1.54) is 40.9 Å². The van der Waals surface area contributed by atoms with Crippen molar-refractivity contribution in [2.24, 2.45) is 0 Å². The van der Waals surface area contributed by atoms with Gasteiger partial charge in [0.25, 0.3) is 0 Å². The second-order valence-electron chi connectivity index (χ2n) is 4.15. The summed E-state index contributed by atoms with van der Waals surface area (Å²) >= 11 is 5.93. The molecular weight excluding hydrogens is 356 g/mol. The second kappa shape index (κ2) is 9.15. The first-order chi connectivity index (χ1) is 10.7. The third-order valence-electron chi connectivity index (χ3n) is 2.48. The number of anilines is 1. The molecule has 0 fully saturated rings. The predicted molar refractivity (Wildman–Crippen MR) is 93.9 cm³/mol. The predicted octanol–water partition coefficient (Wildman–Crippen LogP) is 4.09. The number of rotatable bonds is 8. The number of amides is 1. The van der Waals surface area contributed by atoms with E-state index >= 15 is 0 Å². The van der Waals surface area contributed by atoms with Gasteiger partial charge < -0.3 is 5.32 Å². The molecule has 0 aliphatic carbocycles. The molecule has 0 unspecified atom stereocenters. The molecule has 0 bridgehead atoms. The Morgan fingerprint density at radius 2 is 2.18 bits per heavy atom. The van der Waals surface area contributed by atoms with Gasteiger partial charge in [-0.15, -0.1) is 21.5 Å². The van der Waals surface area contributed by atoms with Crippen LogP contribution in [0.25, 0.3) is 0 Å². The van der Waals surface area contributed by atoms with E-state index in [1.54, 1.807) is 23.2 Å². The van der Waals surface area contributed by atoms with Gasteiger partial charge in [0.05, 0.1) is 11.3 Å². The molecule has 1 amide bonds. The molecule has 22 heavy (non-hydrogen) atoms. The molecule has 116 valence electrons. The number of thioether (sulfide) groups is 2. The molecule has 0 aliphatic rings. The Hall–Kier alpha value is -1.08. The minimum absolute atomic E-state index is 0.140. The van der Waals surface area contributed by atoms with Crippen LogP contribution in [0, 0.1) is 11.3 Å². The molecule has 0 aliphatic heterocycles. The van der Waals surface area contributed by atoms with Gasteiger partial charge in [-0.3, -0.25) is 4.79 Å². The fourth-order valence-corrected chi connectivity index (χ4v) is 5.13. The first kappa shape index (κ1) is 17.3. The molecular formula is C13H14N4OS4. The summed E-state index contributed by atoms with van der Waals surface area (Å²) in [6.45, 7) is 2.16. The van der Waals surface area contributed by atoms with Crippen LogP contribution in [0.1, 0.15) is 25.3 Å². The maximum Gasteiger partial charge on any atom is 0.235 e. The Morgan fingerprint density at radius 3 is 2.91 bits per heavy atom. The molecule has 2 rings (SSSR count). The van der Waals surface area contributed by atoms with Crippen molar-refractivity contribution in [3.05, 3.63) is 17.0 Å². The topological polar surface area (TPSA) is 78.7 Å². The molecule has 0 radical (unpaired) electrons. The summed E-state index contributed by atoms with van der Waals surface area (Å²) < 4.78 is 1.74. The Bertz CT molecular complexity index is 661. The average molecular weight is 371 g/mol. The van der Waals surface area contributed by atoms with Crippen molar-refractivity contribution >= 4 is 57.1 Å². The molecule has 2 aromatic rings. The highest BCUT2D eigenvalue weighted by molar-refractivity contribution is 8.03. The van der Waals surface area contributed by atoms with Gasteiger partial charge in [0.2, 0.25) is 5.91 Å².